The molecule has 1 aliphatic rings. The summed E-state index contributed by atoms with van der Waals surface area (Å²) in [5, 5.41) is 0. The van der Waals surface area contributed by atoms with Crippen molar-refractivity contribution in [3.8, 4) is 0 Å². The molecule has 0 bridgehead atoms. The standard InChI is InChI=1S/C15H23FN2O/c1-12(13-5-3-4-6-14(13)16)18(2)11-15(17)7-9-19-10-8-15/h3-6,12H,7-11,17H2,1-2H3. The van der Waals surface area contributed by atoms with Gasteiger partial charge in [-0.05, 0) is 32.9 Å². The van der Waals surface area contributed by atoms with Crippen molar-refractivity contribution in [2.45, 2.75) is 31.3 Å². The lowest BCUT2D eigenvalue weighted by Crippen LogP contribution is -2.53. The summed E-state index contributed by atoms with van der Waals surface area (Å²) in [6, 6.07) is 6.95. The molecule has 1 unspecified atom stereocenters. The lowest BCUT2D eigenvalue weighted by Gasteiger charge is -2.38. The van der Waals surface area contributed by atoms with Crippen LogP contribution in [0.2, 0.25) is 0 Å². The topological polar surface area (TPSA) is 38.5 Å². The molecule has 2 N–H and O–H groups in total. The second-order valence-electron chi connectivity index (χ2n) is 5.59. The highest BCUT2D eigenvalue weighted by Gasteiger charge is 2.31. The molecular formula is C15H23FN2O. The van der Waals surface area contributed by atoms with Gasteiger partial charge < -0.3 is 10.5 Å². The van der Waals surface area contributed by atoms with Crippen LogP contribution in [0.5, 0.6) is 0 Å². The number of rotatable bonds is 4. The summed E-state index contributed by atoms with van der Waals surface area (Å²) in [4.78, 5) is 2.13. The molecule has 1 saturated heterocycles. The molecule has 1 aromatic rings. The molecule has 0 aromatic heterocycles. The fourth-order valence-electron chi connectivity index (χ4n) is 2.62. The van der Waals surface area contributed by atoms with E-state index in [1.165, 1.54) is 6.07 Å². The van der Waals surface area contributed by atoms with E-state index in [4.69, 9.17) is 10.5 Å². The highest BCUT2D eigenvalue weighted by Crippen LogP contribution is 2.25. The van der Waals surface area contributed by atoms with Crippen LogP contribution in [0.1, 0.15) is 31.4 Å². The number of likely N-dealkylation sites (N-methyl/N-ethyl adjacent to an activating group) is 1. The van der Waals surface area contributed by atoms with Crippen LogP contribution < -0.4 is 5.73 Å². The Morgan fingerprint density at radius 1 is 1.37 bits per heavy atom. The zero-order chi connectivity index (χ0) is 13.9. The molecular weight excluding hydrogens is 243 g/mol. The summed E-state index contributed by atoms with van der Waals surface area (Å²) in [5.74, 6) is -0.153. The van der Waals surface area contributed by atoms with Crippen LogP contribution in [-0.2, 0) is 4.74 Å². The van der Waals surface area contributed by atoms with Crippen LogP contribution in [0.3, 0.4) is 0 Å². The zero-order valence-corrected chi connectivity index (χ0v) is 11.7. The number of hydrogen-bond donors (Lipinski definition) is 1. The van der Waals surface area contributed by atoms with Crippen molar-refractivity contribution < 1.29 is 9.13 Å². The molecule has 0 aliphatic carbocycles. The molecule has 2 rings (SSSR count). The maximum atomic E-state index is 13.8. The molecule has 0 radical (unpaired) electrons. The second kappa shape index (κ2) is 5.99. The maximum Gasteiger partial charge on any atom is 0.127 e. The summed E-state index contributed by atoms with van der Waals surface area (Å²) in [6.45, 7) is 4.21. The number of hydrogen-bond acceptors (Lipinski definition) is 3. The van der Waals surface area contributed by atoms with Crippen LogP contribution in [0.4, 0.5) is 4.39 Å². The molecule has 1 aromatic carbocycles. The third-order valence-corrected chi connectivity index (χ3v) is 4.07. The van der Waals surface area contributed by atoms with E-state index in [1.807, 2.05) is 26.1 Å². The molecule has 1 atom stereocenters. The summed E-state index contributed by atoms with van der Waals surface area (Å²) < 4.78 is 19.1. The Balaban J connectivity index is 2.03. The average Bonchev–Trinajstić information content (AvgIpc) is 2.39. The first-order valence-corrected chi connectivity index (χ1v) is 6.83. The fraction of sp³-hybridized carbons (Fsp3) is 0.600. The number of nitrogens with two attached hydrogens (primary N) is 1. The van der Waals surface area contributed by atoms with Gasteiger partial charge in [0.25, 0.3) is 0 Å². The average molecular weight is 266 g/mol. The van der Waals surface area contributed by atoms with Crippen molar-refractivity contribution in [2.75, 3.05) is 26.8 Å². The van der Waals surface area contributed by atoms with Crippen LogP contribution in [0.25, 0.3) is 0 Å². The van der Waals surface area contributed by atoms with Gasteiger partial charge in [0.1, 0.15) is 5.82 Å². The number of benzene rings is 1. The molecule has 0 saturated carbocycles. The van der Waals surface area contributed by atoms with Crippen LogP contribution in [0, 0.1) is 5.82 Å². The molecule has 3 nitrogen and oxygen atoms in total. The summed E-state index contributed by atoms with van der Waals surface area (Å²) >= 11 is 0. The van der Waals surface area contributed by atoms with Crippen molar-refractivity contribution in [3.63, 3.8) is 0 Å². The van der Waals surface area contributed by atoms with Gasteiger partial charge in [-0.2, -0.15) is 0 Å². The predicted molar refractivity (Wildman–Crippen MR) is 74.4 cm³/mol. The molecule has 1 aliphatic heterocycles. The predicted octanol–water partition coefficient (Wildman–Crippen LogP) is 2.33. The smallest absolute Gasteiger partial charge is 0.127 e. The largest absolute Gasteiger partial charge is 0.381 e. The quantitative estimate of drug-likeness (QED) is 0.909. The second-order valence-corrected chi connectivity index (χ2v) is 5.59. The van der Waals surface area contributed by atoms with E-state index < -0.39 is 0 Å². The number of halogens is 1. The molecule has 0 amide bonds. The Hall–Kier alpha value is -0.970. The highest BCUT2D eigenvalue weighted by molar-refractivity contribution is 5.20. The third-order valence-electron chi connectivity index (χ3n) is 4.07. The van der Waals surface area contributed by atoms with Crippen molar-refractivity contribution in [1.82, 2.24) is 4.90 Å². The number of nitrogens with zero attached hydrogens (tertiary/aromatic N) is 1. The highest BCUT2D eigenvalue weighted by atomic mass is 19.1. The van der Waals surface area contributed by atoms with Gasteiger partial charge in [-0.15, -0.1) is 0 Å². The van der Waals surface area contributed by atoms with Crippen molar-refractivity contribution in [2.24, 2.45) is 5.73 Å². The molecule has 1 fully saturated rings. The first-order chi connectivity index (χ1) is 9.02. The minimum atomic E-state index is -0.216. The Bertz CT molecular complexity index is 418. The van der Waals surface area contributed by atoms with E-state index in [0.29, 0.717) is 0 Å². The Labute approximate surface area is 114 Å². The van der Waals surface area contributed by atoms with Crippen molar-refractivity contribution >= 4 is 0 Å². The van der Waals surface area contributed by atoms with Crippen LogP contribution >= 0.6 is 0 Å². The van der Waals surface area contributed by atoms with Crippen LogP contribution in [-0.4, -0.2) is 37.2 Å². The van der Waals surface area contributed by atoms with Gasteiger partial charge in [0.2, 0.25) is 0 Å². The molecule has 19 heavy (non-hydrogen) atoms. The van der Waals surface area contributed by atoms with E-state index in [1.54, 1.807) is 6.07 Å². The van der Waals surface area contributed by atoms with E-state index in [9.17, 15) is 4.39 Å². The van der Waals surface area contributed by atoms with Gasteiger partial charge in [0.15, 0.2) is 0 Å². The molecule has 106 valence electrons. The molecule has 1 heterocycles. The summed E-state index contributed by atoms with van der Waals surface area (Å²) in [5.41, 5.74) is 6.91. The van der Waals surface area contributed by atoms with Gasteiger partial charge in [-0.3, -0.25) is 4.90 Å². The monoisotopic (exact) mass is 266 g/mol. The maximum absolute atomic E-state index is 13.8. The van der Waals surface area contributed by atoms with Gasteiger partial charge in [-0.1, -0.05) is 18.2 Å². The van der Waals surface area contributed by atoms with Crippen molar-refractivity contribution in [3.05, 3.63) is 35.6 Å². The minimum Gasteiger partial charge on any atom is -0.381 e. The van der Waals surface area contributed by atoms with E-state index in [0.717, 1.165) is 38.2 Å². The van der Waals surface area contributed by atoms with Crippen molar-refractivity contribution in [1.29, 1.82) is 0 Å². The molecule has 0 spiro atoms. The van der Waals surface area contributed by atoms with Gasteiger partial charge in [0.05, 0.1) is 0 Å². The van der Waals surface area contributed by atoms with E-state index >= 15 is 0 Å². The lowest BCUT2D eigenvalue weighted by atomic mass is 9.90. The minimum absolute atomic E-state index is 0.0180. The fourth-order valence-corrected chi connectivity index (χ4v) is 2.62. The first-order valence-electron chi connectivity index (χ1n) is 6.83. The van der Waals surface area contributed by atoms with E-state index in [2.05, 4.69) is 4.90 Å². The SMILES string of the molecule is CC(c1ccccc1F)N(C)CC1(N)CCOCC1. The van der Waals surface area contributed by atoms with Gasteiger partial charge in [0, 0.05) is 36.9 Å². The van der Waals surface area contributed by atoms with Crippen LogP contribution in [0.15, 0.2) is 24.3 Å². The third kappa shape index (κ3) is 3.53. The normalized spacial score (nSPS) is 20.5. The van der Waals surface area contributed by atoms with Gasteiger partial charge in [-0.25, -0.2) is 4.39 Å². The lowest BCUT2D eigenvalue weighted by molar-refractivity contribution is 0.0362. The summed E-state index contributed by atoms with van der Waals surface area (Å²) in [6.07, 6.45) is 1.72. The number of ether oxygens (including phenoxy) is 1. The van der Waals surface area contributed by atoms with Gasteiger partial charge >= 0.3 is 0 Å². The summed E-state index contributed by atoms with van der Waals surface area (Å²) in [7, 11) is 2.00. The first kappa shape index (κ1) is 14.4. The van der Waals surface area contributed by atoms with E-state index in [-0.39, 0.29) is 17.4 Å². The zero-order valence-electron chi connectivity index (χ0n) is 11.7. The Morgan fingerprint density at radius 2 is 2.00 bits per heavy atom. The Kier molecular flexibility index (Phi) is 4.55. The molecule has 4 heteroatoms. The Morgan fingerprint density at radius 3 is 2.63 bits per heavy atom.